The first-order valence-electron chi connectivity index (χ1n) is 7.23. The van der Waals surface area contributed by atoms with Crippen LogP contribution >= 0.6 is 0 Å². The predicted molar refractivity (Wildman–Crippen MR) is 87.8 cm³/mol. The van der Waals surface area contributed by atoms with Gasteiger partial charge in [-0.3, -0.25) is 0 Å². The van der Waals surface area contributed by atoms with Gasteiger partial charge in [-0.25, -0.2) is 0 Å². The molecule has 2 heteroatoms. The first-order valence-corrected chi connectivity index (χ1v) is 7.23. The molecule has 2 aromatic carbocycles. The van der Waals surface area contributed by atoms with E-state index in [0.717, 1.165) is 13.1 Å². The second-order valence-corrected chi connectivity index (χ2v) is 5.26. The molecule has 0 atom stereocenters. The summed E-state index contributed by atoms with van der Waals surface area (Å²) in [5, 5.41) is 3.43. The van der Waals surface area contributed by atoms with E-state index >= 15 is 0 Å². The Morgan fingerprint density at radius 3 is 2.45 bits per heavy atom. The number of rotatable bonds is 5. The normalized spacial score (nSPS) is 10.6. The van der Waals surface area contributed by atoms with Gasteiger partial charge < -0.3 is 10.2 Å². The summed E-state index contributed by atoms with van der Waals surface area (Å²) in [6.07, 6.45) is 0. The zero-order chi connectivity index (χ0) is 14.5. The number of nitrogens with zero attached hydrogens (tertiary/aromatic N) is 1. The summed E-state index contributed by atoms with van der Waals surface area (Å²) in [7, 11) is 2.14. The van der Waals surface area contributed by atoms with E-state index in [9.17, 15) is 0 Å². The van der Waals surface area contributed by atoms with Crippen LogP contribution in [0.15, 0.2) is 42.5 Å². The molecule has 0 aliphatic rings. The largest absolute Gasteiger partial charge is 0.344 e. The lowest BCUT2D eigenvalue weighted by Gasteiger charge is -2.25. The Morgan fingerprint density at radius 2 is 1.75 bits per heavy atom. The Bertz CT molecular complexity index is 575. The highest BCUT2D eigenvalue weighted by Crippen LogP contribution is 2.29. The van der Waals surface area contributed by atoms with Crippen LogP contribution in [0, 0.1) is 13.8 Å². The molecule has 0 spiro atoms. The van der Waals surface area contributed by atoms with Gasteiger partial charge in [-0.2, -0.15) is 0 Å². The molecular formula is C18H24N2. The Hall–Kier alpha value is -1.80. The molecule has 0 fully saturated rings. The van der Waals surface area contributed by atoms with Crippen molar-refractivity contribution in [1.82, 2.24) is 5.32 Å². The lowest BCUT2D eigenvalue weighted by molar-refractivity contribution is 0.726. The summed E-state index contributed by atoms with van der Waals surface area (Å²) < 4.78 is 0. The van der Waals surface area contributed by atoms with Gasteiger partial charge in [-0.1, -0.05) is 42.8 Å². The molecule has 2 nitrogen and oxygen atoms in total. The average molecular weight is 268 g/mol. The minimum Gasteiger partial charge on any atom is -0.344 e. The monoisotopic (exact) mass is 268 g/mol. The second kappa shape index (κ2) is 6.58. The summed E-state index contributed by atoms with van der Waals surface area (Å²) in [6.45, 7) is 8.34. The van der Waals surface area contributed by atoms with Gasteiger partial charge in [0.2, 0.25) is 0 Å². The maximum atomic E-state index is 3.43. The zero-order valence-electron chi connectivity index (χ0n) is 12.9. The lowest BCUT2D eigenvalue weighted by atomic mass is 10.1. The number of hydrogen-bond acceptors (Lipinski definition) is 2. The molecule has 0 aliphatic heterocycles. The summed E-state index contributed by atoms with van der Waals surface area (Å²) in [5.74, 6) is 0. The van der Waals surface area contributed by atoms with E-state index in [0.29, 0.717) is 0 Å². The molecule has 2 rings (SSSR count). The van der Waals surface area contributed by atoms with Crippen LogP contribution in [0.2, 0.25) is 0 Å². The summed E-state index contributed by atoms with van der Waals surface area (Å²) in [6, 6.07) is 15.2. The van der Waals surface area contributed by atoms with Crippen molar-refractivity contribution in [3.8, 4) is 0 Å². The van der Waals surface area contributed by atoms with E-state index < -0.39 is 0 Å². The topological polar surface area (TPSA) is 15.3 Å². The third-order valence-corrected chi connectivity index (χ3v) is 3.64. The minimum absolute atomic E-state index is 0.906. The highest BCUT2D eigenvalue weighted by Gasteiger charge is 2.10. The summed E-state index contributed by atoms with van der Waals surface area (Å²) >= 11 is 0. The fourth-order valence-corrected chi connectivity index (χ4v) is 2.51. The maximum absolute atomic E-state index is 3.43. The molecule has 2 aromatic rings. The molecule has 0 unspecified atom stereocenters. The van der Waals surface area contributed by atoms with Gasteiger partial charge >= 0.3 is 0 Å². The number of hydrogen-bond donors (Lipinski definition) is 1. The van der Waals surface area contributed by atoms with Crippen LogP contribution in [0.4, 0.5) is 11.4 Å². The van der Waals surface area contributed by atoms with Crippen molar-refractivity contribution in [2.45, 2.75) is 27.3 Å². The number of para-hydroxylation sites is 1. The van der Waals surface area contributed by atoms with Crippen molar-refractivity contribution >= 4 is 11.4 Å². The molecule has 106 valence electrons. The van der Waals surface area contributed by atoms with Crippen LogP contribution in [0.3, 0.4) is 0 Å². The fraction of sp³-hybridized carbons (Fsp3) is 0.333. The molecule has 0 radical (unpaired) electrons. The molecule has 0 heterocycles. The van der Waals surface area contributed by atoms with Crippen LogP contribution in [-0.2, 0) is 6.54 Å². The molecule has 0 bridgehead atoms. The molecule has 20 heavy (non-hydrogen) atoms. The van der Waals surface area contributed by atoms with E-state index in [1.807, 2.05) is 0 Å². The smallest absolute Gasteiger partial charge is 0.0453 e. The van der Waals surface area contributed by atoms with E-state index in [4.69, 9.17) is 0 Å². The molecule has 0 aromatic heterocycles. The van der Waals surface area contributed by atoms with E-state index in [-0.39, 0.29) is 0 Å². The van der Waals surface area contributed by atoms with Gasteiger partial charge in [-0.15, -0.1) is 0 Å². The number of nitrogens with one attached hydrogen (secondary N) is 1. The van der Waals surface area contributed by atoms with Gasteiger partial charge in [0.15, 0.2) is 0 Å². The standard InChI is InChI=1S/C18H24N2/c1-5-19-13-16-12-14(2)10-11-18(16)20(4)17-9-7-6-8-15(17)3/h6-12,19H,5,13H2,1-4H3. The number of aryl methyl sites for hydroxylation is 2. The van der Waals surface area contributed by atoms with Crippen molar-refractivity contribution < 1.29 is 0 Å². The Balaban J connectivity index is 2.38. The third kappa shape index (κ3) is 3.20. The summed E-state index contributed by atoms with van der Waals surface area (Å²) in [4.78, 5) is 2.28. The van der Waals surface area contributed by atoms with Gasteiger partial charge in [0.25, 0.3) is 0 Å². The van der Waals surface area contributed by atoms with Crippen molar-refractivity contribution in [3.05, 3.63) is 59.2 Å². The number of anilines is 2. The van der Waals surface area contributed by atoms with Crippen LogP contribution in [0.5, 0.6) is 0 Å². The second-order valence-electron chi connectivity index (χ2n) is 5.26. The van der Waals surface area contributed by atoms with Gasteiger partial charge in [-0.05, 0) is 43.7 Å². The predicted octanol–water partition coefficient (Wildman–Crippen LogP) is 4.18. The highest BCUT2D eigenvalue weighted by molar-refractivity contribution is 5.68. The quantitative estimate of drug-likeness (QED) is 0.875. The van der Waals surface area contributed by atoms with Crippen molar-refractivity contribution in [2.24, 2.45) is 0 Å². The first kappa shape index (κ1) is 14.6. The van der Waals surface area contributed by atoms with Crippen molar-refractivity contribution in [3.63, 3.8) is 0 Å². The van der Waals surface area contributed by atoms with Crippen molar-refractivity contribution in [2.75, 3.05) is 18.5 Å². The Labute approximate surface area is 122 Å². The number of benzene rings is 2. The molecule has 0 aliphatic carbocycles. The lowest BCUT2D eigenvalue weighted by Crippen LogP contribution is -2.17. The maximum Gasteiger partial charge on any atom is 0.0453 e. The average Bonchev–Trinajstić information content (AvgIpc) is 2.45. The first-order chi connectivity index (χ1) is 9.63. The Kier molecular flexibility index (Phi) is 4.80. The third-order valence-electron chi connectivity index (χ3n) is 3.64. The van der Waals surface area contributed by atoms with E-state index in [1.165, 1.54) is 28.1 Å². The molecule has 0 amide bonds. The highest BCUT2D eigenvalue weighted by atomic mass is 15.1. The van der Waals surface area contributed by atoms with E-state index in [1.54, 1.807) is 0 Å². The van der Waals surface area contributed by atoms with Gasteiger partial charge in [0, 0.05) is 25.0 Å². The SMILES string of the molecule is CCNCc1cc(C)ccc1N(C)c1ccccc1C. The Morgan fingerprint density at radius 1 is 1.00 bits per heavy atom. The molecular weight excluding hydrogens is 244 g/mol. The van der Waals surface area contributed by atoms with Gasteiger partial charge in [0.05, 0.1) is 0 Å². The van der Waals surface area contributed by atoms with Crippen LogP contribution < -0.4 is 10.2 Å². The zero-order valence-corrected chi connectivity index (χ0v) is 12.9. The van der Waals surface area contributed by atoms with E-state index in [2.05, 4.69) is 80.5 Å². The molecule has 0 saturated heterocycles. The summed E-state index contributed by atoms with van der Waals surface area (Å²) in [5.41, 5.74) is 6.47. The molecule has 1 N–H and O–H groups in total. The van der Waals surface area contributed by atoms with Crippen LogP contribution in [-0.4, -0.2) is 13.6 Å². The molecule has 0 saturated carbocycles. The van der Waals surface area contributed by atoms with Crippen molar-refractivity contribution in [1.29, 1.82) is 0 Å². The minimum atomic E-state index is 0.906. The van der Waals surface area contributed by atoms with Crippen LogP contribution in [0.25, 0.3) is 0 Å². The van der Waals surface area contributed by atoms with Crippen LogP contribution in [0.1, 0.15) is 23.6 Å². The van der Waals surface area contributed by atoms with Gasteiger partial charge in [0.1, 0.15) is 0 Å². The fourth-order valence-electron chi connectivity index (χ4n) is 2.51.